The molecule has 1 unspecified atom stereocenters. The van der Waals surface area contributed by atoms with Crippen molar-refractivity contribution in [3.05, 3.63) is 41.2 Å². The van der Waals surface area contributed by atoms with E-state index in [0.29, 0.717) is 37.2 Å². The molecule has 5 nitrogen and oxygen atoms in total. The molecule has 0 bridgehead atoms. The second-order valence-electron chi connectivity index (χ2n) is 5.15. The van der Waals surface area contributed by atoms with Crippen molar-refractivity contribution in [2.45, 2.75) is 13.0 Å². The van der Waals surface area contributed by atoms with Crippen molar-refractivity contribution in [1.29, 1.82) is 0 Å². The highest BCUT2D eigenvalue weighted by molar-refractivity contribution is 5.85. The molecule has 112 valence electrons. The van der Waals surface area contributed by atoms with Crippen LogP contribution in [0, 0.1) is 11.7 Å². The average Bonchev–Trinajstić information content (AvgIpc) is 2.88. The molecule has 1 aromatic carbocycles. The Morgan fingerprint density at radius 3 is 2.81 bits per heavy atom. The maximum atomic E-state index is 14.0. The second kappa shape index (κ2) is 6.49. The Hall–Kier alpha value is -2.21. The Morgan fingerprint density at radius 2 is 2.24 bits per heavy atom. The van der Waals surface area contributed by atoms with Crippen molar-refractivity contribution in [2.75, 3.05) is 13.1 Å². The van der Waals surface area contributed by atoms with Gasteiger partial charge in [-0.05, 0) is 30.7 Å². The monoisotopic (exact) mass is 292 g/mol. The minimum atomic E-state index is -1.07. The number of nitrogens with two attached hydrogens (primary N) is 1. The van der Waals surface area contributed by atoms with Crippen LogP contribution in [-0.2, 0) is 16.1 Å². The number of nitrogens with zero attached hydrogens (tertiary/aromatic N) is 1. The van der Waals surface area contributed by atoms with Crippen molar-refractivity contribution in [3.63, 3.8) is 0 Å². The molecular formula is C15H17FN2O3. The third-order valence-corrected chi connectivity index (χ3v) is 3.56. The molecule has 2 rings (SSSR count). The van der Waals surface area contributed by atoms with Crippen LogP contribution in [0.3, 0.4) is 0 Å². The molecule has 1 aliphatic rings. The van der Waals surface area contributed by atoms with Crippen molar-refractivity contribution in [3.8, 4) is 0 Å². The Balaban J connectivity index is 2.02. The van der Waals surface area contributed by atoms with Crippen LogP contribution in [0.4, 0.5) is 4.39 Å². The number of primary amides is 1. The molecule has 0 radical (unpaired) electrons. The van der Waals surface area contributed by atoms with Crippen LogP contribution in [0.1, 0.15) is 17.5 Å². The van der Waals surface area contributed by atoms with Crippen LogP contribution < -0.4 is 5.73 Å². The number of carbonyl (C=O) groups is 2. The van der Waals surface area contributed by atoms with Crippen LogP contribution in [0.25, 0.3) is 6.08 Å². The first-order valence-corrected chi connectivity index (χ1v) is 6.67. The number of aliphatic carboxylic acids is 1. The van der Waals surface area contributed by atoms with E-state index in [9.17, 15) is 14.0 Å². The second-order valence-corrected chi connectivity index (χ2v) is 5.15. The van der Waals surface area contributed by atoms with E-state index < -0.39 is 5.97 Å². The third kappa shape index (κ3) is 4.13. The van der Waals surface area contributed by atoms with E-state index in [1.165, 1.54) is 12.1 Å². The number of halogens is 1. The zero-order chi connectivity index (χ0) is 15.4. The molecule has 1 aliphatic heterocycles. The van der Waals surface area contributed by atoms with Gasteiger partial charge in [0.1, 0.15) is 5.82 Å². The number of likely N-dealkylation sites (tertiary alicyclic amines) is 1. The molecule has 0 aromatic heterocycles. The first kappa shape index (κ1) is 15.2. The first-order chi connectivity index (χ1) is 9.95. The van der Waals surface area contributed by atoms with Crippen LogP contribution >= 0.6 is 0 Å². The lowest BCUT2D eigenvalue weighted by Crippen LogP contribution is -2.27. The number of hydrogen-bond donors (Lipinski definition) is 2. The van der Waals surface area contributed by atoms with Crippen LogP contribution in [0.2, 0.25) is 0 Å². The van der Waals surface area contributed by atoms with Gasteiger partial charge in [-0.1, -0.05) is 12.1 Å². The first-order valence-electron chi connectivity index (χ1n) is 6.67. The summed E-state index contributed by atoms with van der Waals surface area (Å²) in [6.07, 6.45) is 3.01. The van der Waals surface area contributed by atoms with E-state index in [4.69, 9.17) is 10.8 Å². The average molecular weight is 292 g/mol. The number of rotatable bonds is 5. The smallest absolute Gasteiger partial charge is 0.328 e. The lowest BCUT2D eigenvalue weighted by atomic mass is 10.1. The number of amides is 1. The van der Waals surface area contributed by atoms with E-state index in [2.05, 4.69) is 0 Å². The predicted molar refractivity (Wildman–Crippen MR) is 75.6 cm³/mol. The van der Waals surface area contributed by atoms with Gasteiger partial charge in [0.2, 0.25) is 5.91 Å². The largest absolute Gasteiger partial charge is 0.478 e. The number of carbonyl (C=O) groups excluding carboxylic acids is 1. The summed E-state index contributed by atoms with van der Waals surface area (Å²) in [7, 11) is 0. The molecule has 3 N–H and O–H groups in total. The molecule has 1 saturated heterocycles. The number of benzene rings is 1. The molecule has 1 aromatic rings. The fraction of sp³-hybridized carbons (Fsp3) is 0.333. The fourth-order valence-electron chi connectivity index (χ4n) is 2.41. The van der Waals surface area contributed by atoms with Gasteiger partial charge < -0.3 is 10.8 Å². The summed E-state index contributed by atoms with van der Waals surface area (Å²) in [5.41, 5.74) is 6.28. The highest BCUT2D eigenvalue weighted by atomic mass is 19.1. The fourth-order valence-corrected chi connectivity index (χ4v) is 2.41. The topological polar surface area (TPSA) is 83.6 Å². The van der Waals surface area contributed by atoms with Crippen molar-refractivity contribution in [2.24, 2.45) is 11.7 Å². The van der Waals surface area contributed by atoms with E-state index >= 15 is 0 Å². The Kier molecular flexibility index (Phi) is 4.70. The number of hydrogen-bond acceptors (Lipinski definition) is 3. The van der Waals surface area contributed by atoms with Gasteiger partial charge in [-0.3, -0.25) is 9.69 Å². The number of carboxylic acids is 1. The third-order valence-electron chi connectivity index (χ3n) is 3.56. The molecule has 21 heavy (non-hydrogen) atoms. The lowest BCUT2D eigenvalue weighted by molar-refractivity contribution is -0.131. The summed E-state index contributed by atoms with van der Waals surface area (Å²) in [4.78, 5) is 23.5. The molecule has 1 fully saturated rings. The van der Waals surface area contributed by atoms with Crippen LogP contribution in [-0.4, -0.2) is 35.0 Å². The normalized spacial score (nSPS) is 19.2. The summed E-state index contributed by atoms with van der Waals surface area (Å²) >= 11 is 0. The molecule has 6 heteroatoms. The maximum Gasteiger partial charge on any atom is 0.328 e. The Labute approximate surface area is 121 Å². The van der Waals surface area contributed by atoms with Crippen molar-refractivity contribution >= 4 is 18.0 Å². The SMILES string of the molecule is NC(=O)C1CCN(Cc2ccc(/C=C/C(=O)O)cc2F)C1. The van der Waals surface area contributed by atoms with Gasteiger partial charge in [0.05, 0.1) is 5.92 Å². The van der Waals surface area contributed by atoms with Gasteiger partial charge in [-0.2, -0.15) is 0 Å². The zero-order valence-corrected chi connectivity index (χ0v) is 11.5. The zero-order valence-electron chi connectivity index (χ0n) is 11.5. The van der Waals surface area contributed by atoms with E-state index in [1.54, 1.807) is 12.1 Å². The highest BCUT2D eigenvalue weighted by Crippen LogP contribution is 2.20. The quantitative estimate of drug-likeness (QED) is 0.800. The minimum Gasteiger partial charge on any atom is -0.478 e. The summed E-state index contributed by atoms with van der Waals surface area (Å²) in [5, 5.41) is 8.53. The summed E-state index contributed by atoms with van der Waals surface area (Å²) in [6.45, 7) is 1.68. The summed E-state index contributed by atoms with van der Waals surface area (Å²) < 4.78 is 14.0. The molecular weight excluding hydrogens is 275 g/mol. The van der Waals surface area contributed by atoms with E-state index in [1.807, 2.05) is 4.90 Å². The van der Waals surface area contributed by atoms with Crippen molar-refractivity contribution < 1.29 is 19.1 Å². The summed E-state index contributed by atoms with van der Waals surface area (Å²) in [6, 6.07) is 4.60. The van der Waals surface area contributed by atoms with Gasteiger partial charge >= 0.3 is 5.97 Å². The van der Waals surface area contributed by atoms with E-state index in [0.717, 1.165) is 6.08 Å². The lowest BCUT2D eigenvalue weighted by Gasteiger charge is -2.16. The van der Waals surface area contributed by atoms with Gasteiger partial charge in [-0.15, -0.1) is 0 Å². The van der Waals surface area contributed by atoms with Gasteiger partial charge in [0.25, 0.3) is 0 Å². The van der Waals surface area contributed by atoms with Crippen molar-refractivity contribution in [1.82, 2.24) is 4.90 Å². The predicted octanol–water partition coefficient (Wildman–Crippen LogP) is 1.23. The van der Waals surface area contributed by atoms with Crippen LogP contribution in [0.5, 0.6) is 0 Å². The van der Waals surface area contributed by atoms with Gasteiger partial charge in [-0.25, -0.2) is 9.18 Å². The minimum absolute atomic E-state index is 0.161. The molecule has 1 amide bonds. The molecule has 1 atom stereocenters. The molecule has 0 saturated carbocycles. The standard InChI is InChI=1S/C15H17FN2O3/c16-13-7-10(2-4-14(19)20)1-3-11(13)8-18-6-5-12(9-18)15(17)21/h1-4,7,12H,5-6,8-9H2,(H2,17,21)(H,19,20)/b4-2+. The maximum absolute atomic E-state index is 14.0. The molecule has 1 heterocycles. The van der Waals surface area contributed by atoms with Gasteiger partial charge in [0, 0.05) is 24.7 Å². The highest BCUT2D eigenvalue weighted by Gasteiger charge is 2.26. The number of carboxylic acid groups (broad SMARTS) is 1. The Morgan fingerprint density at radius 1 is 1.48 bits per heavy atom. The summed E-state index contributed by atoms with van der Waals surface area (Å²) in [5.74, 6) is -1.93. The van der Waals surface area contributed by atoms with Crippen LogP contribution in [0.15, 0.2) is 24.3 Å². The Bertz CT molecular complexity index is 586. The van der Waals surface area contributed by atoms with Gasteiger partial charge in [0.15, 0.2) is 0 Å². The molecule has 0 aliphatic carbocycles. The molecule has 0 spiro atoms. The van der Waals surface area contributed by atoms with E-state index in [-0.39, 0.29) is 17.6 Å².